The number of hydrogen-bond donors (Lipinski definition) is 1. The molecule has 0 radical (unpaired) electrons. The summed E-state index contributed by atoms with van der Waals surface area (Å²) in [4.78, 5) is 27.2. The minimum Gasteiger partial charge on any atom is -0.368 e. The highest BCUT2D eigenvalue weighted by Crippen LogP contribution is 2.29. The van der Waals surface area contributed by atoms with Crippen LogP contribution in [-0.4, -0.2) is 47.4 Å². The Morgan fingerprint density at radius 1 is 1.12 bits per heavy atom. The molecule has 0 atom stereocenters. The van der Waals surface area contributed by atoms with Crippen LogP contribution < -0.4 is 10.6 Å². The summed E-state index contributed by atoms with van der Waals surface area (Å²) in [5, 5.41) is 10.9. The molecule has 1 amide bonds. The van der Waals surface area contributed by atoms with Crippen molar-refractivity contribution in [1.82, 2.24) is 4.90 Å². The van der Waals surface area contributed by atoms with Gasteiger partial charge in [0.05, 0.1) is 10.5 Å². The summed E-state index contributed by atoms with van der Waals surface area (Å²) in [5.74, 6) is 0.0703. The molecule has 0 unspecified atom stereocenters. The molecule has 1 aromatic rings. The first-order chi connectivity index (χ1) is 11.5. The van der Waals surface area contributed by atoms with Crippen LogP contribution in [0.5, 0.6) is 0 Å². The van der Waals surface area contributed by atoms with Gasteiger partial charge in [0.25, 0.3) is 5.69 Å². The highest BCUT2D eigenvalue weighted by Gasteiger charge is 2.39. The van der Waals surface area contributed by atoms with Crippen LogP contribution in [0.3, 0.4) is 0 Å². The van der Waals surface area contributed by atoms with Crippen LogP contribution in [0.2, 0.25) is 0 Å². The molecule has 3 rings (SSSR count). The fourth-order valence-electron chi connectivity index (χ4n) is 3.68. The number of amides is 1. The Labute approximate surface area is 141 Å². The third-order valence-electron chi connectivity index (χ3n) is 5.14. The SMILES string of the molecule is NC1(C(=O)N2CCN(c3cccc([N+](=O)[O-])c3)CC2)CCCCC1. The fourth-order valence-corrected chi connectivity index (χ4v) is 3.68. The minimum absolute atomic E-state index is 0.0703. The predicted molar refractivity (Wildman–Crippen MR) is 91.9 cm³/mol. The van der Waals surface area contributed by atoms with E-state index in [4.69, 9.17) is 5.73 Å². The molecule has 1 saturated carbocycles. The van der Waals surface area contributed by atoms with E-state index >= 15 is 0 Å². The van der Waals surface area contributed by atoms with E-state index in [2.05, 4.69) is 4.90 Å². The van der Waals surface area contributed by atoms with Gasteiger partial charge in [-0.05, 0) is 18.9 Å². The first-order valence-corrected chi connectivity index (χ1v) is 8.57. The molecule has 24 heavy (non-hydrogen) atoms. The van der Waals surface area contributed by atoms with Crippen molar-refractivity contribution in [3.63, 3.8) is 0 Å². The van der Waals surface area contributed by atoms with E-state index in [-0.39, 0.29) is 16.5 Å². The van der Waals surface area contributed by atoms with Gasteiger partial charge in [-0.15, -0.1) is 0 Å². The molecule has 2 N–H and O–H groups in total. The summed E-state index contributed by atoms with van der Waals surface area (Å²) in [5.41, 5.74) is 6.59. The fraction of sp³-hybridized carbons (Fsp3) is 0.588. The first kappa shape index (κ1) is 16.7. The molecule has 1 saturated heterocycles. The van der Waals surface area contributed by atoms with Gasteiger partial charge in [-0.1, -0.05) is 25.3 Å². The number of rotatable bonds is 3. The lowest BCUT2D eigenvalue weighted by molar-refractivity contribution is -0.384. The summed E-state index contributed by atoms with van der Waals surface area (Å²) in [6, 6.07) is 6.64. The molecule has 7 nitrogen and oxygen atoms in total. The van der Waals surface area contributed by atoms with Crippen LogP contribution in [0.4, 0.5) is 11.4 Å². The maximum absolute atomic E-state index is 12.8. The van der Waals surface area contributed by atoms with Gasteiger partial charge in [0, 0.05) is 44.0 Å². The zero-order valence-electron chi connectivity index (χ0n) is 13.8. The molecular weight excluding hydrogens is 308 g/mol. The second kappa shape index (κ2) is 6.76. The summed E-state index contributed by atoms with van der Waals surface area (Å²) in [7, 11) is 0. The lowest BCUT2D eigenvalue weighted by Crippen LogP contribution is -2.60. The van der Waals surface area contributed by atoms with Crippen molar-refractivity contribution in [3.8, 4) is 0 Å². The van der Waals surface area contributed by atoms with E-state index < -0.39 is 5.54 Å². The van der Waals surface area contributed by atoms with Crippen LogP contribution in [0.1, 0.15) is 32.1 Å². The van der Waals surface area contributed by atoms with E-state index in [1.807, 2.05) is 11.0 Å². The number of carbonyl (C=O) groups is 1. The maximum Gasteiger partial charge on any atom is 0.271 e. The van der Waals surface area contributed by atoms with E-state index in [0.717, 1.165) is 37.8 Å². The van der Waals surface area contributed by atoms with Gasteiger partial charge in [-0.2, -0.15) is 0 Å². The Balaban J connectivity index is 1.62. The Morgan fingerprint density at radius 3 is 2.42 bits per heavy atom. The Morgan fingerprint density at radius 2 is 1.79 bits per heavy atom. The smallest absolute Gasteiger partial charge is 0.271 e. The molecule has 7 heteroatoms. The minimum atomic E-state index is -0.689. The number of nitro groups is 1. The largest absolute Gasteiger partial charge is 0.368 e. The molecule has 1 aromatic carbocycles. The summed E-state index contributed by atoms with van der Waals surface area (Å²) in [6.45, 7) is 2.56. The second-order valence-corrected chi connectivity index (χ2v) is 6.77. The number of nitrogens with two attached hydrogens (primary N) is 1. The van der Waals surface area contributed by atoms with E-state index in [1.165, 1.54) is 6.07 Å². The van der Waals surface area contributed by atoms with Crippen molar-refractivity contribution in [3.05, 3.63) is 34.4 Å². The number of non-ortho nitro benzene ring substituents is 1. The van der Waals surface area contributed by atoms with Crippen LogP contribution in [-0.2, 0) is 4.79 Å². The molecule has 1 aliphatic carbocycles. The molecule has 130 valence electrons. The van der Waals surface area contributed by atoms with Crippen molar-refractivity contribution >= 4 is 17.3 Å². The molecule has 1 aliphatic heterocycles. The average molecular weight is 332 g/mol. The zero-order valence-corrected chi connectivity index (χ0v) is 13.8. The average Bonchev–Trinajstić information content (AvgIpc) is 2.62. The topological polar surface area (TPSA) is 92.7 Å². The molecule has 1 heterocycles. The number of nitro benzene ring substituents is 1. The Kier molecular flexibility index (Phi) is 4.71. The van der Waals surface area contributed by atoms with E-state index in [1.54, 1.807) is 12.1 Å². The standard InChI is InChI=1S/C17H24N4O3/c18-17(7-2-1-3-8-17)16(22)20-11-9-19(10-12-20)14-5-4-6-15(13-14)21(23)24/h4-6,13H,1-3,7-12,18H2. The van der Waals surface area contributed by atoms with Crippen LogP contribution >= 0.6 is 0 Å². The van der Waals surface area contributed by atoms with Crippen molar-refractivity contribution in [2.75, 3.05) is 31.1 Å². The zero-order chi connectivity index (χ0) is 17.2. The highest BCUT2D eigenvalue weighted by atomic mass is 16.6. The maximum atomic E-state index is 12.8. The molecule has 0 bridgehead atoms. The number of nitrogens with zero attached hydrogens (tertiary/aromatic N) is 3. The summed E-state index contributed by atoms with van der Waals surface area (Å²) >= 11 is 0. The lowest BCUT2D eigenvalue weighted by Gasteiger charge is -2.41. The Bertz CT molecular complexity index is 620. The molecule has 2 aliphatic rings. The molecule has 0 aromatic heterocycles. The van der Waals surface area contributed by atoms with Gasteiger partial charge in [0.2, 0.25) is 5.91 Å². The first-order valence-electron chi connectivity index (χ1n) is 8.57. The van der Waals surface area contributed by atoms with E-state index in [9.17, 15) is 14.9 Å². The summed E-state index contributed by atoms with van der Waals surface area (Å²) < 4.78 is 0. The molecule has 2 fully saturated rings. The van der Waals surface area contributed by atoms with Crippen molar-refractivity contribution in [1.29, 1.82) is 0 Å². The van der Waals surface area contributed by atoms with Gasteiger partial charge in [0.1, 0.15) is 0 Å². The number of carbonyl (C=O) groups excluding carboxylic acids is 1. The molecular formula is C17H24N4O3. The van der Waals surface area contributed by atoms with Gasteiger partial charge in [0.15, 0.2) is 0 Å². The van der Waals surface area contributed by atoms with E-state index in [0.29, 0.717) is 26.2 Å². The van der Waals surface area contributed by atoms with Gasteiger partial charge < -0.3 is 15.5 Å². The predicted octanol–water partition coefficient (Wildman–Crippen LogP) is 1.90. The van der Waals surface area contributed by atoms with Gasteiger partial charge >= 0.3 is 0 Å². The third-order valence-corrected chi connectivity index (χ3v) is 5.14. The second-order valence-electron chi connectivity index (χ2n) is 6.77. The number of anilines is 1. The van der Waals surface area contributed by atoms with Gasteiger partial charge in [-0.3, -0.25) is 14.9 Å². The quantitative estimate of drug-likeness (QED) is 0.674. The number of piperazine rings is 1. The normalized spacial score (nSPS) is 20.7. The lowest BCUT2D eigenvalue weighted by atomic mass is 9.81. The summed E-state index contributed by atoms with van der Waals surface area (Å²) in [6.07, 6.45) is 4.76. The monoisotopic (exact) mass is 332 g/mol. The third kappa shape index (κ3) is 3.36. The van der Waals surface area contributed by atoms with Crippen molar-refractivity contribution < 1.29 is 9.72 Å². The van der Waals surface area contributed by atoms with Gasteiger partial charge in [-0.25, -0.2) is 0 Å². The van der Waals surface area contributed by atoms with Crippen molar-refractivity contribution in [2.24, 2.45) is 5.73 Å². The van der Waals surface area contributed by atoms with Crippen LogP contribution in [0.15, 0.2) is 24.3 Å². The Hall–Kier alpha value is -2.15. The van der Waals surface area contributed by atoms with Crippen LogP contribution in [0.25, 0.3) is 0 Å². The number of hydrogen-bond acceptors (Lipinski definition) is 5. The molecule has 0 spiro atoms. The van der Waals surface area contributed by atoms with Crippen molar-refractivity contribution in [2.45, 2.75) is 37.6 Å². The van der Waals surface area contributed by atoms with Crippen LogP contribution in [0, 0.1) is 10.1 Å². The highest BCUT2D eigenvalue weighted by molar-refractivity contribution is 5.86. The number of benzene rings is 1.